The van der Waals surface area contributed by atoms with E-state index in [2.05, 4.69) is 16.7 Å². The highest BCUT2D eigenvalue weighted by Gasteiger charge is 2.29. The lowest BCUT2D eigenvalue weighted by Crippen LogP contribution is -2.50. The summed E-state index contributed by atoms with van der Waals surface area (Å²) in [5.74, 6) is -0.579. The average Bonchev–Trinajstić information content (AvgIpc) is 2.37. The summed E-state index contributed by atoms with van der Waals surface area (Å²) in [7, 11) is 0. The molecule has 0 aliphatic heterocycles. The molecule has 0 bridgehead atoms. The van der Waals surface area contributed by atoms with E-state index in [-0.39, 0.29) is 24.2 Å². The number of hydrogen-bond acceptors (Lipinski definition) is 3. The van der Waals surface area contributed by atoms with Crippen LogP contribution >= 0.6 is 0 Å². The van der Waals surface area contributed by atoms with Crippen molar-refractivity contribution in [3.63, 3.8) is 0 Å². The predicted molar refractivity (Wildman–Crippen MR) is 76.6 cm³/mol. The highest BCUT2D eigenvalue weighted by molar-refractivity contribution is 5.82. The van der Waals surface area contributed by atoms with Gasteiger partial charge in [-0.25, -0.2) is 4.39 Å². The lowest BCUT2D eigenvalue weighted by molar-refractivity contribution is -0.121. The lowest BCUT2D eigenvalue weighted by Gasteiger charge is -2.27. The summed E-state index contributed by atoms with van der Waals surface area (Å²) in [6, 6.07) is 6.43. The topological polar surface area (TPSA) is 64.9 Å². The number of rotatable bonds is 5. The van der Waals surface area contributed by atoms with Crippen LogP contribution in [0.3, 0.4) is 0 Å². The minimum Gasteiger partial charge on any atom is -0.376 e. The van der Waals surface area contributed by atoms with Gasteiger partial charge in [0.2, 0.25) is 5.91 Å². The Labute approximate surface area is 119 Å². The van der Waals surface area contributed by atoms with Crippen molar-refractivity contribution >= 4 is 11.6 Å². The second-order valence-electron chi connectivity index (χ2n) is 5.33. The van der Waals surface area contributed by atoms with Gasteiger partial charge in [0.1, 0.15) is 11.4 Å². The van der Waals surface area contributed by atoms with Crippen LogP contribution in [0.15, 0.2) is 18.2 Å². The zero-order chi connectivity index (χ0) is 15.3. The molecule has 0 aliphatic carbocycles. The maximum Gasteiger partial charge on any atom is 0.240 e. The number of benzene rings is 1. The third-order valence-electron chi connectivity index (χ3n) is 3.41. The van der Waals surface area contributed by atoms with Crippen LogP contribution in [0.4, 0.5) is 10.1 Å². The van der Waals surface area contributed by atoms with Gasteiger partial charge in [0, 0.05) is 5.69 Å². The molecule has 1 atom stereocenters. The van der Waals surface area contributed by atoms with Gasteiger partial charge in [-0.05, 0) is 43.5 Å². The molecule has 108 valence electrons. The molecule has 5 heteroatoms. The Morgan fingerprint density at radius 3 is 2.65 bits per heavy atom. The first kappa shape index (κ1) is 16.0. The minimum atomic E-state index is -0.892. The van der Waals surface area contributed by atoms with Gasteiger partial charge in [0.25, 0.3) is 0 Å². The summed E-state index contributed by atoms with van der Waals surface area (Å²) in [5, 5.41) is 14.8. The monoisotopic (exact) mass is 277 g/mol. The zero-order valence-corrected chi connectivity index (χ0v) is 12.2. The molecule has 2 N–H and O–H groups in total. The lowest BCUT2D eigenvalue weighted by atomic mass is 9.90. The van der Waals surface area contributed by atoms with E-state index < -0.39 is 5.54 Å². The molecule has 1 rings (SSSR count). The van der Waals surface area contributed by atoms with Crippen LogP contribution in [0, 0.1) is 30.0 Å². The Morgan fingerprint density at radius 1 is 1.50 bits per heavy atom. The van der Waals surface area contributed by atoms with Gasteiger partial charge < -0.3 is 10.6 Å². The summed E-state index contributed by atoms with van der Waals surface area (Å²) in [5.41, 5.74) is 0.533. The largest absolute Gasteiger partial charge is 0.376 e. The highest BCUT2D eigenvalue weighted by atomic mass is 19.1. The van der Waals surface area contributed by atoms with Crippen molar-refractivity contribution in [1.82, 2.24) is 5.32 Å². The Morgan fingerprint density at radius 2 is 2.15 bits per heavy atom. The first-order valence-electron chi connectivity index (χ1n) is 6.51. The Hall–Kier alpha value is -2.09. The zero-order valence-electron chi connectivity index (χ0n) is 12.2. The number of nitrogens with one attached hydrogen (secondary N) is 2. The normalized spacial score (nSPS) is 13.4. The SMILES string of the molecule is Cc1cc(F)ccc1NCC(=O)N[C@@](C)(C#N)C(C)C. The standard InChI is InChI=1S/C15H20FN3O/c1-10(2)15(4,9-17)19-14(20)8-18-13-6-5-12(16)7-11(13)3/h5-7,10,18H,8H2,1-4H3,(H,19,20)/t15-/m0/s1. The second kappa shape index (κ2) is 6.38. The minimum absolute atomic E-state index is 0.00371. The Bertz CT molecular complexity index is 536. The molecule has 0 saturated heterocycles. The molecule has 1 aromatic carbocycles. The number of anilines is 1. The van der Waals surface area contributed by atoms with Crippen molar-refractivity contribution in [2.24, 2.45) is 5.92 Å². The maximum atomic E-state index is 13.0. The fourth-order valence-corrected chi connectivity index (χ4v) is 1.64. The van der Waals surface area contributed by atoms with E-state index in [1.807, 2.05) is 13.8 Å². The summed E-state index contributed by atoms with van der Waals surface area (Å²) < 4.78 is 13.0. The van der Waals surface area contributed by atoms with Crippen molar-refractivity contribution in [1.29, 1.82) is 5.26 Å². The number of carbonyl (C=O) groups is 1. The molecular weight excluding hydrogens is 257 g/mol. The van der Waals surface area contributed by atoms with E-state index >= 15 is 0 Å². The fraction of sp³-hybridized carbons (Fsp3) is 0.467. The van der Waals surface area contributed by atoms with Crippen LogP contribution in [0.2, 0.25) is 0 Å². The molecule has 0 unspecified atom stereocenters. The van der Waals surface area contributed by atoms with Crippen LogP contribution in [0.25, 0.3) is 0 Å². The van der Waals surface area contributed by atoms with Gasteiger partial charge in [0.15, 0.2) is 0 Å². The van der Waals surface area contributed by atoms with E-state index in [0.29, 0.717) is 5.69 Å². The van der Waals surface area contributed by atoms with Crippen molar-refractivity contribution in [2.75, 3.05) is 11.9 Å². The number of amides is 1. The molecule has 0 aliphatic rings. The molecule has 0 aromatic heterocycles. The number of aryl methyl sites for hydroxylation is 1. The van der Waals surface area contributed by atoms with Crippen LogP contribution in [-0.4, -0.2) is 18.0 Å². The van der Waals surface area contributed by atoms with Crippen molar-refractivity contribution in [3.8, 4) is 6.07 Å². The van der Waals surface area contributed by atoms with Crippen LogP contribution in [0.5, 0.6) is 0 Å². The summed E-state index contributed by atoms with van der Waals surface area (Å²) in [6.07, 6.45) is 0. The number of hydrogen-bond donors (Lipinski definition) is 2. The molecule has 0 spiro atoms. The summed E-state index contributed by atoms with van der Waals surface area (Å²) >= 11 is 0. The van der Waals surface area contributed by atoms with E-state index in [1.165, 1.54) is 12.1 Å². The maximum absolute atomic E-state index is 13.0. The summed E-state index contributed by atoms with van der Waals surface area (Å²) in [4.78, 5) is 11.9. The third kappa shape index (κ3) is 3.95. The molecule has 1 amide bonds. The number of nitrogens with zero attached hydrogens (tertiary/aromatic N) is 1. The first-order chi connectivity index (χ1) is 9.28. The van der Waals surface area contributed by atoms with Gasteiger partial charge in [-0.2, -0.15) is 5.26 Å². The third-order valence-corrected chi connectivity index (χ3v) is 3.41. The van der Waals surface area contributed by atoms with Crippen LogP contribution in [0.1, 0.15) is 26.3 Å². The molecule has 0 radical (unpaired) electrons. The van der Waals surface area contributed by atoms with Gasteiger partial charge in [-0.15, -0.1) is 0 Å². The molecular formula is C15H20FN3O. The van der Waals surface area contributed by atoms with Gasteiger partial charge >= 0.3 is 0 Å². The fourth-order valence-electron chi connectivity index (χ4n) is 1.64. The van der Waals surface area contributed by atoms with Crippen LogP contribution < -0.4 is 10.6 Å². The molecule has 0 fully saturated rings. The highest BCUT2D eigenvalue weighted by Crippen LogP contribution is 2.16. The van der Waals surface area contributed by atoms with Gasteiger partial charge in [-0.1, -0.05) is 13.8 Å². The molecule has 0 saturated carbocycles. The van der Waals surface area contributed by atoms with E-state index in [1.54, 1.807) is 19.9 Å². The predicted octanol–water partition coefficient (Wildman–Crippen LogP) is 2.60. The van der Waals surface area contributed by atoms with Crippen molar-refractivity contribution < 1.29 is 9.18 Å². The first-order valence-corrected chi connectivity index (χ1v) is 6.51. The molecule has 1 aromatic rings. The number of carbonyl (C=O) groups excluding carboxylic acids is 1. The number of nitriles is 1. The Balaban J connectivity index is 2.62. The van der Waals surface area contributed by atoms with E-state index in [0.717, 1.165) is 5.56 Å². The van der Waals surface area contributed by atoms with Gasteiger partial charge in [0.05, 0.1) is 12.6 Å². The molecule has 20 heavy (non-hydrogen) atoms. The van der Waals surface area contributed by atoms with Crippen molar-refractivity contribution in [2.45, 2.75) is 33.2 Å². The van der Waals surface area contributed by atoms with E-state index in [4.69, 9.17) is 5.26 Å². The molecule has 0 heterocycles. The number of halogens is 1. The van der Waals surface area contributed by atoms with Crippen LogP contribution in [-0.2, 0) is 4.79 Å². The smallest absolute Gasteiger partial charge is 0.240 e. The Kier molecular flexibility index (Phi) is 5.09. The van der Waals surface area contributed by atoms with Gasteiger partial charge in [-0.3, -0.25) is 4.79 Å². The quantitative estimate of drug-likeness (QED) is 0.869. The van der Waals surface area contributed by atoms with Crippen molar-refractivity contribution in [3.05, 3.63) is 29.6 Å². The molecule has 4 nitrogen and oxygen atoms in total. The average molecular weight is 277 g/mol. The second-order valence-corrected chi connectivity index (χ2v) is 5.33. The summed E-state index contributed by atoms with van der Waals surface area (Å²) in [6.45, 7) is 7.24. The van der Waals surface area contributed by atoms with E-state index in [9.17, 15) is 9.18 Å².